The molecule has 0 spiro atoms. The van der Waals surface area contributed by atoms with Crippen LogP contribution >= 0.6 is 15.9 Å². The van der Waals surface area contributed by atoms with E-state index in [1.165, 1.54) is 0 Å². The number of aromatic nitrogens is 2. The van der Waals surface area contributed by atoms with E-state index in [2.05, 4.69) is 15.9 Å². The van der Waals surface area contributed by atoms with Gasteiger partial charge in [-0.2, -0.15) is 0 Å². The molecule has 1 atom stereocenters. The minimum atomic E-state index is -0.514. The van der Waals surface area contributed by atoms with Gasteiger partial charge in [-0.25, -0.2) is 4.98 Å². The summed E-state index contributed by atoms with van der Waals surface area (Å²) in [6, 6.07) is 22.3. The number of benzene rings is 3. The number of aryl methyl sites for hydroxylation is 1. The third-order valence-electron chi connectivity index (χ3n) is 6.91. The van der Waals surface area contributed by atoms with Crippen molar-refractivity contribution in [1.82, 2.24) is 14.5 Å². The minimum Gasteiger partial charge on any atom is -0.448 e. The number of amides is 1. The number of hydrogen-bond donors (Lipinski definition) is 1. The summed E-state index contributed by atoms with van der Waals surface area (Å²) in [5.74, 6) is 0.282. The monoisotopic (exact) mass is 586 g/mol. The molecule has 0 saturated heterocycles. The van der Waals surface area contributed by atoms with Crippen LogP contribution in [0, 0.1) is 12.8 Å². The molecule has 5 rings (SSSR count). The van der Waals surface area contributed by atoms with Crippen LogP contribution in [0.2, 0.25) is 0 Å². The lowest BCUT2D eigenvalue weighted by atomic mass is 9.99. The van der Waals surface area contributed by atoms with Gasteiger partial charge in [-0.15, -0.1) is 0 Å². The first kappa shape index (κ1) is 26.8. The number of fused-ring (bicyclic) bond motifs is 3. The highest BCUT2D eigenvalue weighted by Gasteiger charge is 2.33. The second-order valence-electron chi connectivity index (χ2n) is 10.1. The first-order chi connectivity index (χ1) is 18.8. The van der Waals surface area contributed by atoms with Crippen molar-refractivity contribution in [2.75, 3.05) is 13.1 Å². The highest BCUT2D eigenvalue weighted by molar-refractivity contribution is 9.10. The molecule has 7 nitrogen and oxygen atoms in total. The number of nitrogens with zero attached hydrogens (tertiary/aromatic N) is 3. The standard InChI is InChI=1S/C31H31BrN4O3/c1-19(2)27(35(16-15-33)30(37)22-11-9-20(3)10-12-22)29-34-26-24-17-23(32)13-14-25(24)39-28(26)31(38)36(29)18-21-7-5-4-6-8-21/h4-14,17,19,27H,15-16,18,33H2,1-3H3. The molecule has 0 saturated carbocycles. The van der Waals surface area contributed by atoms with Crippen LogP contribution in [0.5, 0.6) is 0 Å². The third kappa shape index (κ3) is 5.27. The lowest BCUT2D eigenvalue weighted by Crippen LogP contribution is -2.43. The smallest absolute Gasteiger partial charge is 0.297 e. The van der Waals surface area contributed by atoms with Gasteiger partial charge in [0.25, 0.3) is 11.5 Å². The van der Waals surface area contributed by atoms with Crippen molar-refractivity contribution in [3.8, 4) is 0 Å². The fourth-order valence-electron chi connectivity index (χ4n) is 5.02. The molecule has 2 heterocycles. The summed E-state index contributed by atoms with van der Waals surface area (Å²) in [4.78, 5) is 34.8. The Balaban J connectivity index is 1.76. The Morgan fingerprint density at radius 2 is 1.79 bits per heavy atom. The topological polar surface area (TPSA) is 94.4 Å². The van der Waals surface area contributed by atoms with E-state index in [-0.39, 0.29) is 36.1 Å². The molecule has 5 aromatic rings. The van der Waals surface area contributed by atoms with Crippen LogP contribution in [0.15, 0.2) is 86.5 Å². The first-order valence-electron chi connectivity index (χ1n) is 13.0. The fraction of sp³-hybridized carbons (Fsp3) is 0.258. The molecule has 0 aliphatic carbocycles. The molecule has 200 valence electrons. The van der Waals surface area contributed by atoms with Crippen LogP contribution in [0.3, 0.4) is 0 Å². The van der Waals surface area contributed by atoms with Gasteiger partial charge in [0.2, 0.25) is 5.58 Å². The third-order valence-corrected chi connectivity index (χ3v) is 7.40. The summed E-state index contributed by atoms with van der Waals surface area (Å²) >= 11 is 3.52. The number of nitrogens with two attached hydrogens (primary N) is 1. The second kappa shape index (κ2) is 11.2. The van der Waals surface area contributed by atoms with Crippen LogP contribution in [-0.4, -0.2) is 33.4 Å². The maximum Gasteiger partial charge on any atom is 0.297 e. The number of rotatable bonds is 8. The molecular formula is C31H31BrN4O3. The number of halogens is 1. The van der Waals surface area contributed by atoms with Crippen molar-refractivity contribution >= 4 is 43.9 Å². The Labute approximate surface area is 235 Å². The van der Waals surface area contributed by atoms with Gasteiger partial charge in [-0.1, -0.05) is 77.8 Å². The molecule has 2 N–H and O–H groups in total. The zero-order chi connectivity index (χ0) is 27.7. The minimum absolute atomic E-state index is 0.0674. The van der Waals surface area contributed by atoms with Gasteiger partial charge in [0.15, 0.2) is 0 Å². The van der Waals surface area contributed by atoms with Crippen molar-refractivity contribution in [2.45, 2.75) is 33.4 Å². The summed E-state index contributed by atoms with van der Waals surface area (Å²) < 4.78 is 8.53. The van der Waals surface area contributed by atoms with E-state index >= 15 is 0 Å². The Kier molecular flexibility index (Phi) is 7.68. The Morgan fingerprint density at radius 3 is 2.46 bits per heavy atom. The highest BCUT2D eigenvalue weighted by atomic mass is 79.9. The molecule has 8 heteroatoms. The van der Waals surface area contributed by atoms with Crippen molar-refractivity contribution in [2.24, 2.45) is 11.7 Å². The lowest BCUT2D eigenvalue weighted by Gasteiger charge is -2.35. The van der Waals surface area contributed by atoms with Gasteiger partial charge in [0, 0.05) is 28.5 Å². The van der Waals surface area contributed by atoms with Crippen LogP contribution in [0.4, 0.5) is 0 Å². The van der Waals surface area contributed by atoms with E-state index in [1.807, 2.05) is 93.6 Å². The van der Waals surface area contributed by atoms with Crippen LogP contribution in [-0.2, 0) is 6.54 Å². The van der Waals surface area contributed by atoms with Gasteiger partial charge >= 0.3 is 0 Å². The Hall–Kier alpha value is -3.75. The number of carbonyl (C=O) groups is 1. The molecule has 39 heavy (non-hydrogen) atoms. The van der Waals surface area contributed by atoms with Gasteiger partial charge < -0.3 is 15.1 Å². The van der Waals surface area contributed by atoms with Crippen LogP contribution in [0.25, 0.3) is 22.1 Å². The van der Waals surface area contributed by atoms with Crippen molar-refractivity contribution < 1.29 is 9.21 Å². The molecule has 0 bridgehead atoms. The molecule has 0 aliphatic rings. The summed E-state index contributed by atoms with van der Waals surface area (Å²) in [5, 5.41) is 0.738. The SMILES string of the molecule is Cc1ccc(C(=O)N(CCN)C(c2nc3c(oc4ccc(Br)cc43)c(=O)n2Cc2ccccc2)C(C)C)cc1. The molecule has 1 unspecified atom stereocenters. The van der Waals surface area contributed by atoms with Crippen LogP contribution in [0.1, 0.15) is 47.2 Å². The number of carbonyl (C=O) groups excluding carboxylic acids is 1. The molecule has 0 aliphatic heterocycles. The van der Waals surface area contributed by atoms with E-state index < -0.39 is 6.04 Å². The molecule has 1 amide bonds. The van der Waals surface area contributed by atoms with E-state index in [0.717, 1.165) is 21.0 Å². The van der Waals surface area contributed by atoms with Crippen LogP contribution < -0.4 is 11.3 Å². The van der Waals surface area contributed by atoms with E-state index in [4.69, 9.17) is 15.1 Å². The largest absolute Gasteiger partial charge is 0.448 e. The number of furan rings is 1. The summed E-state index contributed by atoms with van der Waals surface area (Å²) in [6.45, 7) is 6.92. The normalized spacial score (nSPS) is 12.4. The van der Waals surface area contributed by atoms with E-state index in [1.54, 1.807) is 9.47 Å². The van der Waals surface area contributed by atoms with E-state index in [0.29, 0.717) is 29.0 Å². The summed E-state index contributed by atoms with van der Waals surface area (Å²) in [5.41, 5.74) is 9.59. The summed E-state index contributed by atoms with van der Waals surface area (Å²) in [7, 11) is 0. The zero-order valence-electron chi connectivity index (χ0n) is 22.2. The van der Waals surface area contributed by atoms with Gasteiger partial charge in [-0.3, -0.25) is 14.2 Å². The van der Waals surface area contributed by atoms with Gasteiger partial charge in [0.05, 0.1) is 12.6 Å². The fourth-order valence-corrected chi connectivity index (χ4v) is 5.39. The molecule has 2 aromatic heterocycles. The average Bonchev–Trinajstić information content (AvgIpc) is 3.29. The predicted octanol–water partition coefficient (Wildman–Crippen LogP) is 6.06. The molecule has 3 aromatic carbocycles. The highest BCUT2D eigenvalue weighted by Crippen LogP contribution is 2.33. The molecular weight excluding hydrogens is 556 g/mol. The first-order valence-corrected chi connectivity index (χ1v) is 13.8. The molecule has 0 fully saturated rings. The quantitative estimate of drug-likeness (QED) is 0.238. The Bertz CT molecular complexity index is 1690. The number of hydrogen-bond acceptors (Lipinski definition) is 5. The zero-order valence-corrected chi connectivity index (χ0v) is 23.8. The predicted molar refractivity (Wildman–Crippen MR) is 158 cm³/mol. The van der Waals surface area contributed by atoms with E-state index in [9.17, 15) is 9.59 Å². The van der Waals surface area contributed by atoms with Gasteiger partial charge in [0.1, 0.15) is 16.9 Å². The van der Waals surface area contributed by atoms with Crippen molar-refractivity contribution in [3.05, 3.63) is 110 Å². The Morgan fingerprint density at radius 1 is 1.08 bits per heavy atom. The maximum absolute atomic E-state index is 14.1. The van der Waals surface area contributed by atoms with Crippen molar-refractivity contribution in [1.29, 1.82) is 0 Å². The van der Waals surface area contributed by atoms with Gasteiger partial charge in [-0.05, 0) is 48.7 Å². The second-order valence-corrected chi connectivity index (χ2v) is 11.0. The average molecular weight is 588 g/mol. The lowest BCUT2D eigenvalue weighted by molar-refractivity contribution is 0.0612. The molecule has 0 radical (unpaired) electrons. The summed E-state index contributed by atoms with van der Waals surface area (Å²) in [6.07, 6.45) is 0. The maximum atomic E-state index is 14.1. The van der Waals surface area contributed by atoms with Crippen molar-refractivity contribution in [3.63, 3.8) is 0 Å².